The van der Waals surface area contributed by atoms with Crippen LogP contribution < -0.4 is 42.0 Å². The quantitative estimate of drug-likeness (QED) is 0.128. The molecule has 6 heteroatoms. The van der Waals surface area contributed by atoms with Crippen molar-refractivity contribution < 1.29 is 19.8 Å². The molecule has 0 N–H and O–H groups in total. The average Bonchev–Trinajstić information content (AvgIpc) is 3.29. The number of aliphatic carboxylic acids is 2. The summed E-state index contributed by atoms with van der Waals surface area (Å²) < 4.78 is 0. The fraction of sp³-hybridized carbons (Fsp3) is 0.167. The first-order chi connectivity index (χ1) is 31.7. The van der Waals surface area contributed by atoms with Crippen LogP contribution in [0.1, 0.15) is 58.4 Å². The monoisotopic (exact) mass is 908 g/mol. The van der Waals surface area contributed by atoms with Crippen LogP contribution in [-0.2, 0) is 21.9 Å². The molecular weight excluding hydrogens is 847 g/mol. The largest absolute Gasteiger partial charge is 0.550 e. The van der Waals surface area contributed by atoms with Crippen LogP contribution in [0, 0.1) is 41.5 Å². The number of hydrogen-bond acceptors (Lipinski definition) is 4. The summed E-state index contributed by atoms with van der Waals surface area (Å²) in [4.78, 5) is 17.8. The maximum absolute atomic E-state index is 8.89. The number of rotatable bonds is 10. The van der Waals surface area contributed by atoms with Crippen LogP contribution >= 0.6 is 14.5 Å². The predicted molar refractivity (Wildman–Crippen MR) is 280 cm³/mol. The molecule has 0 spiro atoms. The van der Waals surface area contributed by atoms with Crippen LogP contribution in [0.25, 0.3) is 0 Å². The second-order valence-corrected chi connectivity index (χ2v) is 23.4. The van der Waals surface area contributed by atoms with Crippen molar-refractivity contribution in [1.29, 1.82) is 0 Å². The van der Waals surface area contributed by atoms with Gasteiger partial charge in [-0.1, -0.05) is 170 Å². The van der Waals surface area contributed by atoms with E-state index in [1.165, 1.54) is 76.3 Å². The molecule has 8 rings (SSSR count). The van der Waals surface area contributed by atoms with E-state index in [0.717, 1.165) is 26.2 Å². The van der Waals surface area contributed by atoms with Gasteiger partial charge in [0.05, 0.1) is 12.3 Å². The Morgan fingerprint density at radius 3 is 0.621 bits per heavy atom. The van der Waals surface area contributed by atoms with E-state index in [1.807, 2.05) is 0 Å². The highest BCUT2D eigenvalue weighted by Crippen LogP contribution is 2.61. The Bertz CT molecular complexity index is 2390. The molecule has 0 saturated heterocycles. The van der Waals surface area contributed by atoms with Crippen molar-refractivity contribution in [2.75, 3.05) is 0 Å². The van der Waals surface area contributed by atoms with Gasteiger partial charge in [-0.05, 0) is 136 Å². The molecule has 66 heavy (non-hydrogen) atoms. The number of carboxylic acid groups (broad SMARTS) is 2. The molecule has 0 aliphatic heterocycles. The highest BCUT2D eigenvalue weighted by atomic mass is 31.2. The Morgan fingerprint density at radius 2 is 0.455 bits per heavy atom. The Labute approximate surface area is 394 Å². The average molecular weight is 909 g/mol. The van der Waals surface area contributed by atoms with E-state index in [9.17, 15) is 0 Å². The highest BCUT2D eigenvalue weighted by Gasteiger charge is 2.49. The third kappa shape index (κ3) is 12.5. The van der Waals surface area contributed by atoms with E-state index in [4.69, 9.17) is 19.8 Å². The summed E-state index contributed by atoms with van der Waals surface area (Å²) in [6, 6.07) is 76.0. The minimum absolute atomic E-state index is 0.972. The lowest BCUT2D eigenvalue weighted by molar-refractivity contribution is -0.303. The second-order valence-electron chi connectivity index (χ2n) is 16.6. The molecule has 8 aromatic carbocycles. The maximum Gasteiger partial charge on any atom is 0.117 e. The van der Waals surface area contributed by atoms with Crippen LogP contribution in [0.15, 0.2) is 206 Å². The zero-order valence-electron chi connectivity index (χ0n) is 39.6. The fourth-order valence-corrected chi connectivity index (χ4v) is 19.2. The van der Waals surface area contributed by atoms with Crippen LogP contribution in [0.3, 0.4) is 0 Å². The molecule has 4 nitrogen and oxygen atoms in total. The Morgan fingerprint density at radius 1 is 0.303 bits per heavy atom. The van der Waals surface area contributed by atoms with Gasteiger partial charge in [0, 0.05) is 11.9 Å². The summed E-state index contributed by atoms with van der Waals surface area (Å²) in [5, 5.41) is 26.7. The van der Waals surface area contributed by atoms with Crippen molar-refractivity contribution in [2.45, 2.75) is 67.7 Å². The lowest BCUT2D eigenvalue weighted by Gasteiger charge is -2.31. The van der Waals surface area contributed by atoms with Gasteiger partial charge in [-0.25, -0.2) is 0 Å². The van der Waals surface area contributed by atoms with Crippen molar-refractivity contribution in [1.82, 2.24) is 0 Å². The zero-order valence-corrected chi connectivity index (χ0v) is 41.4. The van der Waals surface area contributed by atoms with Crippen LogP contribution in [0.5, 0.6) is 0 Å². The van der Waals surface area contributed by atoms with Crippen molar-refractivity contribution in [3.8, 4) is 0 Å². The molecule has 0 saturated carbocycles. The van der Waals surface area contributed by atoms with Gasteiger partial charge in [0.25, 0.3) is 0 Å². The van der Waals surface area contributed by atoms with Gasteiger partial charge >= 0.3 is 0 Å². The number of aryl methyl sites for hydroxylation is 6. The van der Waals surface area contributed by atoms with E-state index >= 15 is 0 Å². The summed E-state index contributed by atoms with van der Waals surface area (Å²) in [5.74, 6) is -2.17. The van der Waals surface area contributed by atoms with Gasteiger partial charge in [-0.2, -0.15) is 0 Å². The van der Waals surface area contributed by atoms with Gasteiger partial charge in [0.2, 0.25) is 0 Å². The normalized spacial score (nSPS) is 10.8. The van der Waals surface area contributed by atoms with Crippen LogP contribution in [0.4, 0.5) is 0 Å². The first-order valence-electron chi connectivity index (χ1n) is 22.3. The molecule has 0 unspecified atom stereocenters. The summed E-state index contributed by atoms with van der Waals surface area (Å²) >= 11 is 0. The number of carboxylic acids is 2. The van der Waals surface area contributed by atoms with Gasteiger partial charge in [0.1, 0.15) is 46.4 Å². The van der Waals surface area contributed by atoms with E-state index < -0.39 is 26.5 Å². The van der Waals surface area contributed by atoms with Gasteiger partial charge in [-0.15, -0.1) is 0 Å². The SMILES string of the molecule is CC(=O)[O-].CC(=O)[O-].Cc1ccccc1[P+](Cc1ccccc1)(c1ccccc1C)c1ccccc1C.Cc1ccccc1[P+](Cc1ccccc1)(c1ccccc1C)c1ccccc1C. The first-order valence-corrected chi connectivity index (χ1v) is 26.2. The van der Waals surface area contributed by atoms with Crippen molar-refractivity contribution in [3.05, 3.63) is 251 Å². The molecule has 0 aliphatic carbocycles. The molecule has 0 bridgehead atoms. The Hall–Kier alpha value is -6.44. The molecule has 336 valence electrons. The Kier molecular flexibility index (Phi) is 18.5. The van der Waals surface area contributed by atoms with Crippen LogP contribution in [-0.4, -0.2) is 11.9 Å². The smallest absolute Gasteiger partial charge is 0.117 e. The minimum atomic E-state index is -1.89. The van der Waals surface area contributed by atoms with Crippen molar-refractivity contribution in [3.63, 3.8) is 0 Å². The minimum Gasteiger partial charge on any atom is -0.550 e. The zero-order chi connectivity index (χ0) is 47.7. The summed E-state index contributed by atoms with van der Waals surface area (Å²) in [7, 11) is -3.78. The van der Waals surface area contributed by atoms with E-state index in [-0.39, 0.29) is 0 Å². The standard InChI is InChI=1S/2C28H28P.2C2H4O2/c2*1-22-13-7-10-18-26(22)29(21-25-16-5-4-6-17-25,27-19-11-8-14-23(27)2)28-20-12-9-15-24(28)3;2*1-2(3)4/h2*4-20H,21H2,1-3H3;2*1H3,(H,3,4)/q2*+1;;/p-2. The lowest BCUT2D eigenvalue weighted by Crippen LogP contribution is -2.36. The second kappa shape index (κ2) is 24.2. The number of carbonyl (C=O) groups excluding carboxylic acids is 2. The van der Waals surface area contributed by atoms with Crippen LogP contribution in [0.2, 0.25) is 0 Å². The Balaban J connectivity index is 0.000000213. The molecular formula is C60H62O4P2. The first kappa shape index (κ1) is 50.6. The highest BCUT2D eigenvalue weighted by molar-refractivity contribution is 7.95. The predicted octanol–water partition coefficient (Wildman–Crippen LogP) is 9.72. The number of benzene rings is 8. The van der Waals surface area contributed by atoms with Gasteiger partial charge in [0.15, 0.2) is 0 Å². The molecule has 0 amide bonds. The molecule has 0 heterocycles. The van der Waals surface area contributed by atoms with Crippen molar-refractivity contribution in [2.24, 2.45) is 0 Å². The maximum atomic E-state index is 8.89. The van der Waals surface area contributed by atoms with Gasteiger partial charge < -0.3 is 19.8 Å². The van der Waals surface area contributed by atoms with E-state index in [2.05, 4.69) is 248 Å². The summed E-state index contributed by atoms with van der Waals surface area (Å²) in [6.07, 6.45) is 2.07. The molecule has 0 fully saturated rings. The number of carbonyl (C=O) groups is 2. The summed E-state index contributed by atoms with van der Waals surface area (Å²) in [5.41, 5.74) is 11.1. The van der Waals surface area contributed by atoms with E-state index in [1.54, 1.807) is 0 Å². The molecule has 8 aromatic rings. The fourth-order valence-electron chi connectivity index (χ4n) is 8.95. The summed E-state index contributed by atoms with van der Waals surface area (Å²) in [6.45, 7) is 15.6. The molecule has 0 atom stereocenters. The third-order valence-corrected chi connectivity index (χ3v) is 21.3. The third-order valence-electron chi connectivity index (χ3n) is 11.7. The lowest BCUT2D eigenvalue weighted by atomic mass is 10.2. The molecule has 0 aromatic heterocycles. The van der Waals surface area contributed by atoms with Gasteiger partial charge in [-0.3, -0.25) is 0 Å². The molecule has 0 aliphatic rings. The van der Waals surface area contributed by atoms with Crippen molar-refractivity contribution >= 4 is 58.3 Å². The number of hydrogen-bond donors (Lipinski definition) is 0. The van der Waals surface area contributed by atoms with E-state index in [0.29, 0.717) is 0 Å². The topological polar surface area (TPSA) is 80.3 Å². The molecule has 0 radical (unpaired) electrons.